The molecule has 0 unspecified atom stereocenters. The predicted octanol–water partition coefficient (Wildman–Crippen LogP) is 4.13. The summed E-state index contributed by atoms with van der Waals surface area (Å²) in [6, 6.07) is 3.83. The molecule has 116 valence electrons. The van der Waals surface area contributed by atoms with Gasteiger partial charge in [-0.05, 0) is 45.2 Å². The minimum absolute atomic E-state index is 0.0603. The molecule has 1 aromatic heterocycles. The molecule has 22 heavy (non-hydrogen) atoms. The Kier molecular flexibility index (Phi) is 4.76. The van der Waals surface area contributed by atoms with Gasteiger partial charge < -0.3 is 10.3 Å². The van der Waals surface area contributed by atoms with E-state index in [1.165, 1.54) is 12.2 Å². The van der Waals surface area contributed by atoms with Crippen LogP contribution < -0.4 is 4.73 Å². The molecular formula is C13H7Br2F3N2O2. The molecule has 0 amide bonds. The number of hydrogen-bond donors (Lipinski definition) is 1. The number of rotatable bonds is 2. The number of hydrogen-bond acceptors (Lipinski definition) is 3. The van der Waals surface area contributed by atoms with Gasteiger partial charge >= 0.3 is 6.18 Å². The van der Waals surface area contributed by atoms with Gasteiger partial charge in [0.15, 0.2) is 5.69 Å². The standard InChI is InChI=1S/C13H7Br2F3N2O2/c14-8-3-7(12(21)10(15)4-8)1-2-9-5-11(13(16,17)18)20(22)6-19-9/h1-6,21H. The molecule has 0 saturated carbocycles. The highest BCUT2D eigenvalue weighted by Crippen LogP contribution is 2.33. The van der Waals surface area contributed by atoms with Crippen LogP contribution in [0, 0.1) is 5.21 Å². The summed E-state index contributed by atoms with van der Waals surface area (Å²) < 4.78 is 38.7. The topological polar surface area (TPSA) is 60.1 Å². The van der Waals surface area contributed by atoms with E-state index in [4.69, 9.17) is 0 Å². The van der Waals surface area contributed by atoms with Gasteiger partial charge in [0.2, 0.25) is 5.69 Å². The van der Waals surface area contributed by atoms with E-state index >= 15 is 0 Å². The highest BCUT2D eigenvalue weighted by Gasteiger charge is 2.36. The Morgan fingerprint density at radius 1 is 1.18 bits per heavy atom. The van der Waals surface area contributed by atoms with Crippen molar-refractivity contribution in [3.05, 3.63) is 55.6 Å². The first-order chi connectivity index (χ1) is 10.2. The molecule has 0 aliphatic rings. The van der Waals surface area contributed by atoms with Crippen LogP contribution in [0.4, 0.5) is 13.2 Å². The van der Waals surface area contributed by atoms with Crippen molar-refractivity contribution in [2.24, 2.45) is 0 Å². The number of aromatic hydroxyl groups is 1. The van der Waals surface area contributed by atoms with Gasteiger partial charge in [-0.3, -0.25) is 0 Å². The van der Waals surface area contributed by atoms with Crippen molar-refractivity contribution in [2.45, 2.75) is 6.18 Å². The van der Waals surface area contributed by atoms with Gasteiger partial charge in [-0.2, -0.15) is 13.2 Å². The van der Waals surface area contributed by atoms with Crippen molar-refractivity contribution in [3.63, 3.8) is 0 Å². The molecule has 0 spiro atoms. The molecule has 0 fully saturated rings. The van der Waals surface area contributed by atoms with E-state index in [0.29, 0.717) is 26.9 Å². The summed E-state index contributed by atoms with van der Waals surface area (Å²) in [5.41, 5.74) is -1.05. The van der Waals surface area contributed by atoms with Crippen LogP contribution in [0.15, 0.2) is 33.5 Å². The lowest BCUT2D eigenvalue weighted by molar-refractivity contribution is -0.632. The number of phenols is 1. The van der Waals surface area contributed by atoms with Crippen molar-refractivity contribution >= 4 is 44.0 Å². The first-order valence-electron chi connectivity index (χ1n) is 5.71. The first-order valence-corrected chi connectivity index (χ1v) is 7.29. The van der Waals surface area contributed by atoms with Crippen LogP contribution in [0.2, 0.25) is 0 Å². The SMILES string of the molecule is [O-][n+]1cnc(C=Cc2cc(Br)cc(Br)c2O)cc1C(F)(F)F. The van der Waals surface area contributed by atoms with E-state index < -0.39 is 11.9 Å². The van der Waals surface area contributed by atoms with Crippen molar-refractivity contribution < 1.29 is 23.0 Å². The summed E-state index contributed by atoms with van der Waals surface area (Å²) in [4.78, 5) is 3.60. The summed E-state index contributed by atoms with van der Waals surface area (Å²) in [6.07, 6.45) is -1.57. The minimum atomic E-state index is -4.77. The largest absolute Gasteiger partial charge is 0.711 e. The van der Waals surface area contributed by atoms with Crippen LogP contribution in [0.5, 0.6) is 5.75 Å². The van der Waals surface area contributed by atoms with E-state index in [1.807, 2.05) is 0 Å². The number of benzene rings is 1. The second-order valence-electron chi connectivity index (χ2n) is 4.18. The lowest BCUT2D eigenvalue weighted by Gasteiger charge is -2.10. The fourth-order valence-electron chi connectivity index (χ4n) is 1.61. The molecule has 0 aliphatic carbocycles. The Bertz CT molecular complexity index is 749. The molecule has 1 N–H and O–H groups in total. The van der Waals surface area contributed by atoms with Gasteiger partial charge in [-0.1, -0.05) is 15.9 Å². The second-order valence-corrected chi connectivity index (χ2v) is 5.95. The molecule has 2 aromatic rings. The molecule has 0 radical (unpaired) electrons. The second kappa shape index (κ2) is 6.25. The van der Waals surface area contributed by atoms with Crippen LogP contribution in [-0.4, -0.2) is 10.1 Å². The summed E-state index contributed by atoms with van der Waals surface area (Å²) in [5.74, 6) is -0.0645. The van der Waals surface area contributed by atoms with Gasteiger partial charge in [0, 0.05) is 16.1 Å². The van der Waals surface area contributed by atoms with E-state index in [1.54, 1.807) is 12.1 Å². The molecule has 1 heterocycles. The van der Waals surface area contributed by atoms with Crippen LogP contribution >= 0.6 is 31.9 Å². The predicted molar refractivity (Wildman–Crippen MR) is 80.6 cm³/mol. The maximum atomic E-state index is 12.6. The molecule has 0 atom stereocenters. The highest BCUT2D eigenvalue weighted by atomic mass is 79.9. The zero-order valence-electron chi connectivity index (χ0n) is 10.6. The Balaban J connectivity index is 2.40. The van der Waals surface area contributed by atoms with Crippen molar-refractivity contribution in [3.8, 4) is 5.75 Å². The Morgan fingerprint density at radius 3 is 2.50 bits per heavy atom. The van der Waals surface area contributed by atoms with Gasteiger partial charge in [0.05, 0.1) is 4.47 Å². The third kappa shape index (κ3) is 3.77. The molecule has 2 rings (SSSR count). The monoisotopic (exact) mass is 438 g/mol. The third-order valence-electron chi connectivity index (χ3n) is 2.62. The van der Waals surface area contributed by atoms with Crippen molar-refractivity contribution in [2.75, 3.05) is 0 Å². The Morgan fingerprint density at radius 2 is 1.86 bits per heavy atom. The fourth-order valence-corrected chi connectivity index (χ4v) is 2.87. The van der Waals surface area contributed by atoms with E-state index in [9.17, 15) is 23.5 Å². The van der Waals surface area contributed by atoms with Gasteiger partial charge in [0.1, 0.15) is 5.75 Å². The van der Waals surface area contributed by atoms with Gasteiger partial charge in [0.25, 0.3) is 6.33 Å². The minimum Gasteiger partial charge on any atom is -0.711 e. The summed E-state index contributed by atoms with van der Waals surface area (Å²) >= 11 is 6.38. The number of aromatic nitrogens is 2. The summed E-state index contributed by atoms with van der Waals surface area (Å²) in [6.45, 7) is 0. The quantitative estimate of drug-likeness (QED) is 0.565. The number of phenolic OH excluding ortho intramolecular Hbond substituents is 1. The normalized spacial score (nSPS) is 12.0. The zero-order valence-corrected chi connectivity index (χ0v) is 13.8. The molecule has 1 aromatic carbocycles. The molecule has 0 bridgehead atoms. The van der Waals surface area contributed by atoms with Gasteiger partial charge in [-0.25, -0.2) is 4.73 Å². The van der Waals surface area contributed by atoms with E-state index in [-0.39, 0.29) is 16.2 Å². The van der Waals surface area contributed by atoms with Crippen LogP contribution in [0.3, 0.4) is 0 Å². The van der Waals surface area contributed by atoms with Crippen molar-refractivity contribution in [1.82, 2.24) is 4.98 Å². The van der Waals surface area contributed by atoms with E-state index in [0.717, 1.165) is 0 Å². The average Bonchev–Trinajstić information content (AvgIpc) is 2.41. The Labute approximate surface area is 139 Å². The fraction of sp³-hybridized carbons (Fsp3) is 0.0769. The van der Waals surface area contributed by atoms with E-state index in [2.05, 4.69) is 36.8 Å². The lowest BCUT2D eigenvalue weighted by Crippen LogP contribution is -2.37. The van der Waals surface area contributed by atoms with Crippen LogP contribution in [-0.2, 0) is 6.18 Å². The molecule has 9 heteroatoms. The van der Waals surface area contributed by atoms with Gasteiger partial charge in [-0.15, -0.1) is 0 Å². The average molecular weight is 440 g/mol. The molecular weight excluding hydrogens is 433 g/mol. The van der Waals surface area contributed by atoms with Crippen LogP contribution in [0.1, 0.15) is 17.0 Å². The first kappa shape index (κ1) is 16.8. The number of alkyl halides is 3. The lowest BCUT2D eigenvalue weighted by atomic mass is 10.1. The summed E-state index contributed by atoms with van der Waals surface area (Å²) in [5, 5.41) is 20.9. The number of halogens is 5. The van der Waals surface area contributed by atoms with Crippen molar-refractivity contribution in [1.29, 1.82) is 0 Å². The molecule has 4 nitrogen and oxygen atoms in total. The zero-order chi connectivity index (χ0) is 16.5. The molecule has 0 saturated heterocycles. The van der Waals surface area contributed by atoms with Crippen LogP contribution in [0.25, 0.3) is 12.2 Å². The maximum Gasteiger partial charge on any atom is 0.454 e. The smallest absolute Gasteiger partial charge is 0.454 e. The third-order valence-corrected chi connectivity index (χ3v) is 3.68. The summed E-state index contributed by atoms with van der Waals surface area (Å²) in [7, 11) is 0. The Hall–Kier alpha value is -1.61. The number of nitrogens with zero attached hydrogens (tertiary/aromatic N) is 2. The maximum absolute atomic E-state index is 12.6. The molecule has 0 aliphatic heterocycles. The highest BCUT2D eigenvalue weighted by molar-refractivity contribution is 9.11.